The number of hydrogen-bond donors (Lipinski definition) is 0. The Labute approximate surface area is 170 Å². The maximum atomic E-state index is 13.9. The highest BCUT2D eigenvalue weighted by molar-refractivity contribution is 7.90. The molecule has 7 heteroatoms. The molecule has 154 valence electrons. The van der Waals surface area contributed by atoms with Gasteiger partial charge < -0.3 is 9.64 Å². The quantitative estimate of drug-likeness (QED) is 0.611. The lowest BCUT2D eigenvalue weighted by Gasteiger charge is -2.30. The van der Waals surface area contributed by atoms with E-state index in [1.54, 1.807) is 37.6 Å². The van der Waals surface area contributed by atoms with E-state index >= 15 is 0 Å². The first-order valence-corrected chi connectivity index (χ1v) is 11.4. The summed E-state index contributed by atoms with van der Waals surface area (Å²) in [6.45, 7) is 3.70. The zero-order valence-corrected chi connectivity index (χ0v) is 17.5. The number of piperidine rings is 1. The molecular weight excluding hydrogens is 391 g/mol. The van der Waals surface area contributed by atoms with Gasteiger partial charge in [-0.3, -0.25) is 0 Å². The fourth-order valence-corrected chi connectivity index (χ4v) is 5.45. The van der Waals surface area contributed by atoms with Gasteiger partial charge in [0.2, 0.25) is 0 Å². The average Bonchev–Trinajstić information content (AvgIpc) is 3.12. The van der Waals surface area contributed by atoms with Crippen LogP contribution in [0.4, 0.5) is 10.1 Å². The summed E-state index contributed by atoms with van der Waals surface area (Å²) in [7, 11) is -2.30. The highest BCUT2D eigenvalue weighted by atomic mass is 32.2. The Morgan fingerprint density at radius 1 is 1.07 bits per heavy atom. The molecule has 29 heavy (non-hydrogen) atoms. The number of halogens is 1. The summed E-state index contributed by atoms with van der Waals surface area (Å²) < 4.78 is 47.6. The van der Waals surface area contributed by atoms with Crippen molar-refractivity contribution in [3.05, 3.63) is 54.0 Å². The molecule has 1 saturated heterocycles. The van der Waals surface area contributed by atoms with E-state index < -0.39 is 15.8 Å². The summed E-state index contributed by atoms with van der Waals surface area (Å²) in [5.74, 6) is 0.196. The highest BCUT2D eigenvalue weighted by Gasteiger charge is 2.24. The molecule has 4 rings (SSSR count). The Balaban J connectivity index is 1.86. The summed E-state index contributed by atoms with van der Waals surface area (Å²) in [5.41, 5.74) is 2.01. The van der Waals surface area contributed by atoms with Gasteiger partial charge in [0.25, 0.3) is 10.0 Å². The van der Waals surface area contributed by atoms with Gasteiger partial charge in [0.05, 0.1) is 23.2 Å². The van der Waals surface area contributed by atoms with Gasteiger partial charge in [-0.05, 0) is 67.6 Å². The predicted octanol–water partition coefficient (Wildman–Crippen LogP) is 4.58. The molecule has 0 atom stereocenters. The van der Waals surface area contributed by atoms with Crippen LogP contribution in [0.1, 0.15) is 31.7 Å². The van der Waals surface area contributed by atoms with Gasteiger partial charge in [-0.25, -0.2) is 16.8 Å². The van der Waals surface area contributed by atoms with Crippen LogP contribution in [0.2, 0.25) is 0 Å². The van der Waals surface area contributed by atoms with E-state index in [2.05, 4.69) is 4.90 Å². The van der Waals surface area contributed by atoms with Gasteiger partial charge in [-0.2, -0.15) is 0 Å². The van der Waals surface area contributed by atoms with Gasteiger partial charge in [0.15, 0.2) is 0 Å². The molecule has 1 aromatic heterocycles. The third-order valence-corrected chi connectivity index (χ3v) is 7.27. The molecule has 0 N–H and O–H groups in total. The van der Waals surface area contributed by atoms with Crippen molar-refractivity contribution in [1.82, 2.24) is 3.97 Å². The van der Waals surface area contributed by atoms with Crippen LogP contribution in [0.5, 0.6) is 5.75 Å². The van der Waals surface area contributed by atoms with E-state index in [9.17, 15) is 12.8 Å². The normalized spacial score (nSPS) is 15.1. The van der Waals surface area contributed by atoms with Crippen molar-refractivity contribution in [1.29, 1.82) is 0 Å². The lowest BCUT2D eigenvalue weighted by molar-refractivity contribution is 0.412. The number of hydrogen-bond acceptors (Lipinski definition) is 4. The van der Waals surface area contributed by atoms with E-state index in [0.717, 1.165) is 42.6 Å². The van der Waals surface area contributed by atoms with Crippen LogP contribution in [-0.4, -0.2) is 32.6 Å². The second kappa shape index (κ2) is 7.71. The largest absolute Gasteiger partial charge is 0.495 e. The summed E-state index contributed by atoms with van der Waals surface area (Å²) in [5, 5.41) is 0.752. The number of nitrogens with zero attached hydrogens (tertiary/aromatic N) is 2. The number of aromatic nitrogens is 1. The van der Waals surface area contributed by atoms with E-state index in [4.69, 9.17) is 4.74 Å². The van der Waals surface area contributed by atoms with E-state index in [-0.39, 0.29) is 4.90 Å². The number of fused-ring (bicyclic) bond motifs is 1. The molecular formula is C22H25FN2O3S. The number of ether oxygens (including phenoxy) is 1. The van der Waals surface area contributed by atoms with E-state index in [1.807, 2.05) is 6.92 Å². The maximum absolute atomic E-state index is 13.9. The van der Waals surface area contributed by atoms with Crippen LogP contribution in [0.25, 0.3) is 10.9 Å². The maximum Gasteiger partial charge on any atom is 0.268 e. The monoisotopic (exact) mass is 416 g/mol. The standard InChI is InChI=1S/C22H25FN2O3S/c1-3-16-15-25(20-13-17(23)7-9-19(16)20)29(26,27)18-8-10-22(28-2)21(14-18)24-11-5-4-6-12-24/h7-10,13-15H,3-6,11-12H2,1-2H3. The third kappa shape index (κ3) is 3.48. The summed E-state index contributed by atoms with van der Waals surface area (Å²) in [6.07, 6.45) is 5.58. The lowest BCUT2D eigenvalue weighted by Crippen LogP contribution is -2.30. The summed E-state index contributed by atoms with van der Waals surface area (Å²) in [4.78, 5) is 2.34. The molecule has 0 bridgehead atoms. The minimum absolute atomic E-state index is 0.169. The van der Waals surface area contributed by atoms with Crippen molar-refractivity contribution in [2.24, 2.45) is 0 Å². The second-order valence-electron chi connectivity index (χ2n) is 7.35. The van der Waals surface area contributed by atoms with Crippen LogP contribution in [-0.2, 0) is 16.4 Å². The lowest BCUT2D eigenvalue weighted by atomic mass is 10.1. The summed E-state index contributed by atoms with van der Waals surface area (Å²) in [6, 6.07) is 9.21. The number of benzene rings is 2. The fourth-order valence-electron chi connectivity index (χ4n) is 4.05. The third-order valence-electron chi connectivity index (χ3n) is 5.60. The van der Waals surface area contributed by atoms with E-state index in [0.29, 0.717) is 17.7 Å². The Morgan fingerprint density at radius 3 is 2.52 bits per heavy atom. The van der Waals surface area contributed by atoms with Crippen molar-refractivity contribution in [3.8, 4) is 5.75 Å². The van der Waals surface area contributed by atoms with Crippen LogP contribution < -0.4 is 9.64 Å². The molecule has 0 aliphatic carbocycles. The van der Waals surface area contributed by atoms with Crippen molar-refractivity contribution in [2.75, 3.05) is 25.1 Å². The van der Waals surface area contributed by atoms with Crippen LogP contribution in [0.15, 0.2) is 47.5 Å². The number of aryl methyl sites for hydroxylation is 1. The molecule has 1 fully saturated rings. The number of anilines is 1. The van der Waals surface area contributed by atoms with Gasteiger partial charge in [-0.1, -0.05) is 6.92 Å². The first-order valence-electron chi connectivity index (χ1n) is 9.93. The Bertz CT molecular complexity index is 1150. The minimum atomic E-state index is -3.89. The first-order chi connectivity index (χ1) is 14.0. The second-order valence-corrected chi connectivity index (χ2v) is 9.17. The smallest absolute Gasteiger partial charge is 0.268 e. The van der Waals surface area contributed by atoms with Crippen LogP contribution >= 0.6 is 0 Å². The average molecular weight is 417 g/mol. The van der Waals surface area contributed by atoms with Gasteiger partial charge in [-0.15, -0.1) is 0 Å². The molecule has 3 aromatic rings. The molecule has 1 aliphatic heterocycles. The Kier molecular flexibility index (Phi) is 5.25. The molecule has 2 aromatic carbocycles. The van der Waals surface area contributed by atoms with Crippen molar-refractivity contribution in [2.45, 2.75) is 37.5 Å². The fraction of sp³-hybridized carbons (Fsp3) is 0.364. The van der Waals surface area contributed by atoms with Crippen molar-refractivity contribution in [3.63, 3.8) is 0 Å². The van der Waals surface area contributed by atoms with Gasteiger partial charge >= 0.3 is 0 Å². The number of rotatable bonds is 5. The molecule has 0 spiro atoms. The molecule has 2 heterocycles. The zero-order valence-electron chi connectivity index (χ0n) is 16.7. The highest BCUT2D eigenvalue weighted by Crippen LogP contribution is 2.34. The molecule has 0 saturated carbocycles. The van der Waals surface area contributed by atoms with Crippen LogP contribution in [0.3, 0.4) is 0 Å². The Hall–Kier alpha value is -2.54. The van der Waals surface area contributed by atoms with Gasteiger partial charge in [0, 0.05) is 24.7 Å². The minimum Gasteiger partial charge on any atom is -0.495 e. The number of methoxy groups -OCH3 is 1. The molecule has 0 unspecified atom stereocenters. The summed E-state index contributed by atoms with van der Waals surface area (Å²) >= 11 is 0. The zero-order chi connectivity index (χ0) is 20.6. The predicted molar refractivity (Wildman–Crippen MR) is 113 cm³/mol. The van der Waals surface area contributed by atoms with Crippen molar-refractivity contribution < 1.29 is 17.5 Å². The first kappa shape index (κ1) is 19.8. The Morgan fingerprint density at radius 2 is 1.83 bits per heavy atom. The topological polar surface area (TPSA) is 51.5 Å². The SMILES string of the molecule is CCc1cn(S(=O)(=O)c2ccc(OC)c(N3CCCCC3)c2)c2cc(F)ccc12. The van der Waals surface area contributed by atoms with E-state index in [1.165, 1.54) is 22.5 Å². The molecule has 0 radical (unpaired) electrons. The molecule has 5 nitrogen and oxygen atoms in total. The van der Waals surface area contributed by atoms with Crippen LogP contribution in [0, 0.1) is 5.82 Å². The molecule has 0 amide bonds. The van der Waals surface area contributed by atoms with Crippen molar-refractivity contribution >= 4 is 26.6 Å². The van der Waals surface area contributed by atoms with Gasteiger partial charge in [0.1, 0.15) is 11.6 Å². The molecule has 1 aliphatic rings.